The van der Waals surface area contributed by atoms with Crippen LogP contribution in [0.4, 0.5) is 8.78 Å². The van der Waals surface area contributed by atoms with Crippen molar-refractivity contribution in [2.24, 2.45) is 0 Å². The third kappa shape index (κ3) is 1.86. The lowest BCUT2D eigenvalue weighted by Crippen LogP contribution is -2.04. The maximum atomic E-state index is 12.4. The van der Waals surface area contributed by atoms with Crippen LogP contribution in [0.2, 0.25) is 0 Å². The van der Waals surface area contributed by atoms with Crippen LogP contribution in [0.5, 0.6) is 0 Å². The van der Waals surface area contributed by atoms with Crippen LogP contribution >= 0.6 is 11.6 Å². The Morgan fingerprint density at radius 2 is 2.29 bits per heavy atom. The van der Waals surface area contributed by atoms with E-state index < -0.39 is 22.9 Å². The summed E-state index contributed by atoms with van der Waals surface area (Å²) in [5.74, 6) is 0. The number of pyridine rings is 1. The lowest BCUT2D eigenvalue weighted by molar-refractivity contribution is 0.106. The summed E-state index contributed by atoms with van der Waals surface area (Å²) in [6.45, 7) is 0. The number of carbonyl (C=O) groups excluding carboxylic acids is 1. The molecule has 0 unspecified atom stereocenters. The molecule has 0 bridgehead atoms. The first-order valence-electron chi connectivity index (χ1n) is 3.45. The van der Waals surface area contributed by atoms with Gasteiger partial charge in [-0.1, -0.05) is 0 Å². The molecular weight excluding hydrogens is 214 g/mol. The van der Waals surface area contributed by atoms with Gasteiger partial charge >= 0.3 is 0 Å². The lowest BCUT2D eigenvalue weighted by atomic mass is 10.1. The molecule has 14 heavy (non-hydrogen) atoms. The molecule has 0 spiro atoms. The van der Waals surface area contributed by atoms with Crippen molar-refractivity contribution in [3.05, 3.63) is 29.1 Å². The molecule has 0 aliphatic rings. The molecule has 0 fully saturated rings. The van der Waals surface area contributed by atoms with E-state index in [9.17, 15) is 13.6 Å². The van der Waals surface area contributed by atoms with E-state index in [1.165, 1.54) is 0 Å². The average molecular weight is 217 g/mol. The van der Waals surface area contributed by atoms with Gasteiger partial charge in [-0.25, -0.2) is 8.78 Å². The maximum absolute atomic E-state index is 12.4. The Morgan fingerprint density at radius 1 is 1.64 bits per heavy atom. The van der Waals surface area contributed by atoms with Crippen LogP contribution in [-0.4, -0.2) is 10.2 Å². The van der Waals surface area contributed by atoms with Crippen LogP contribution in [0, 0.1) is 11.3 Å². The Kier molecular flexibility index (Phi) is 3.10. The van der Waals surface area contributed by atoms with Crippen molar-refractivity contribution in [2.45, 2.75) is 6.43 Å². The summed E-state index contributed by atoms with van der Waals surface area (Å²) in [5, 5.41) is 7.41. The normalized spacial score (nSPS) is 9.93. The first kappa shape index (κ1) is 10.5. The molecule has 72 valence electrons. The highest BCUT2D eigenvalue weighted by molar-refractivity contribution is 6.67. The van der Waals surface area contributed by atoms with Crippen LogP contribution < -0.4 is 0 Å². The molecule has 0 aliphatic heterocycles. The van der Waals surface area contributed by atoms with Crippen molar-refractivity contribution in [1.82, 2.24) is 4.98 Å². The minimum absolute atomic E-state index is 0.293. The van der Waals surface area contributed by atoms with Gasteiger partial charge in [0, 0.05) is 6.20 Å². The highest BCUT2D eigenvalue weighted by atomic mass is 35.5. The van der Waals surface area contributed by atoms with E-state index in [0.717, 1.165) is 12.3 Å². The molecular formula is C8H3ClF2N2O. The first-order valence-corrected chi connectivity index (χ1v) is 3.82. The number of nitriles is 1. The van der Waals surface area contributed by atoms with Gasteiger partial charge in [0.1, 0.15) is 5.69 Å². The second kappa shape index (κ2) is 4.11. The second-order valence-corrected chi connectivity index (χ2v) is 2.65. The molecule has 3 nitrogen and oxygen atoms in total. The Bertz CT molecular complexity index is 414. The van der Waals surface area contributed by atoms with Crippen LogP contribution in [0.3, 0.4) is 0 Å². The molecule has 1 aromatic heterocycles. The topological polar surface area (TPSA) is 53.8 Å². The van der Waals surface area contributed by atoms with Crippen molar-refractivity contribution in [1.29, 1.82) is 5.26 Å². The fourth-order valence-corrected chi connectivity index (χ4v) is 1.10. The molecule has 1 heterocycles. The summed E-state index contributed by atoms with van der Waals surface area (Å²) >= 11 is 5.04. The number of carbonyl (C=O) groups is 1. The zero-order chi connectivity index (χ0) is 10.7. The Hall–Kier alpha value is -1.54. The number of aromatic nitrogens is 1. The van der Waals surface area contributed by atoms with Gasteiger partial charge in [-0.15, -0.1) is 0 Å². The van der Waals surface area contributed by atoms with Gasteiger partial charge in [0.2, 0.25) is 0 Å². The van der Waals surface area contributed by atoms with Gasteiger partial charge in [0.25, 0.3) is 11.7 Å². The van der Waals surface area contributed by atoms with E-state index >= 15 is 0 Å². The van der Waals surface area contributed by atoms with E-state index in [2.05, 4.69) is 4.98 Å². The first-order chi connectivity index (χ1) is 6.57. The molecule has 0 radical (unpaired) electrons. The van der Waals surface area contributed by atoms with Crippen molar-refractivity contribution >= 4 is 16.8 Å². The van der Waals surface area contributed by atoms with E-state index in [-0.39, 0.29) is 5.56 Å². The van der Waals surface area contributed by atoms with Crippen LogP contribution in [0.25, 0.3) is 0 Å². The van der Waals surface area contributed by atoms with Crippen molar-refractivity contribution in [3.8, 4) is 6.07 Å². The zero-order valence-corrected chi connectivity index (χ0v) is 7.42. The minimum Gasteiger partial charge on any atom is -0.274 e. The molecule has 0 N–H and O–H groups in total. The number of hydrogen-bond donors (Lipinski definition) is 0. The SMILES string of the molecule is N#Cc1ccnc(C(=O)Cl)c1C(F)F. The second-order valence-electron chi connectivity index (χ2n) is 2.31. The fraction of sp³-hybridized carbons (Fsp3) is 0.125. The van der Waals surface area contributed by atoms with Crippen molar-refractivity contribution in [3.63, 3.8) is 0 Å². The van der Waals surface area contributed by atoms with Gasteiger partial charge in [-0.05, 0) is 17.7 Å². The van der Waals surface area contributed by atoms with Gasteiger partial charge in [-0.2, -0.15) is 5.26 Å². The Morgan fingerprint density at radius 3 is 2.71 bits per heavy atom. The molecule has 0 aliphatic carbocycles. The number of nitrogens with zero attached hydrogens (tertiary/aromatic N) is 2. The molecule has 1 rings (SSSR count). The summed E-state index contributed by atoms with van der Waals surface area (Å²) in [4.78, 5) is 14.1. The number of halogens is 3. The van der Waals surface area contributed by atoms with Crippen LogP contribution in [-0.2, 0) is 0 Å². The highest BCUT2D eigenvalue weighted by Crippen LogP contribution is 2.25. The molecule has 0 saturated heterocycles. The smallest absolute Gasteiger partial charge is 0.271 e. The molecule has 0 atom stereocenters. The van der Waals surface area contributed by atoms with Gasteiger partial charge in [-0.3, -0.25) is 9.78 Å². The lowest BCUT2D eigenvalue weighted by Gasteiger charge is -2.04. The van der Waals surface area contributed by atoms with Crippen molar-refractivity contribution < 1.29 is 13.6 Å². The third-order valence-corrected chi connectivity index (χ3v) is 1.69. The largest absolute Gasteiger partial charge is 0.274 e. The fourth-order valence-electron chi connectivity index (χ4n) is 0.948. The predicted octanol–water partition coefficient (Wildman–Crippen LogP) is 2.27. The molecule has 6 heteroatoms. The van der Waals surface area contributed by atoms with Gasteiger partial charge in [0.15, 0.2) is 0 Å². The van der Waals surface area contributed by atoms with E-state index in [4.69, 9.17) is 16.9 Å². The quantitative estimate of drug-likeness (QED) is 0.713. The highest BCUT2D eigenvalue weighted by Gasteiger charge is 2.22. The Balaban J connectivity index is 3.45. The summed E-state index contributed by atoms with van der Waals surface area (Å²) in [6, 6.07) is 2.64. The number of alkyl halides is 2. The molecule has 0 aromatic carbocycles. The predicted molar refractivity (Wildman–Crippen MR) is 44.1 cm³/mol. The third-order valence-electron chi connectivity index (χ3n) is 1.51. The number of hydrogen-bond acceptors (Lipinski definition) is 3. The standard InChI is InChI=1S/C8H3ClF2N2O/c9-7(14)6-5(8(10)11)4(3-12)1-2-13-6/h1-2,8H. The molecule has 0 amide bonds. The Labute approximate surface area is 82.9 Å². The van der Waals surface area contributed by atoms with Gasteiger partial charge in [0.05, 0.1) is 17.2 Å². The summed E-state index contributed by atoms with van der Waals surface area (Å²) < 4.78 is 24.9. The average Bonchev–Trinajstić information content (AvgIpc) is 2.16. The molecule has 1 aromatic rings. The van der Waals surface area contributed by atoms with Gasteiger partial charge < -0.3 is 0 Å². The van der Waals surface area contributed by atoms with E-state index in [0.29, 0.717) is 0 Å². The van der Waals surface area contributed by atoms with Crippen LogP contribution in [0.1, 0.15) is 28.0 Å². The maximum Gasteiger partial charge on any atom is 0.271 e. The number of rotatable bonds is 2. The monoisotopic (exact) mass is 216 g/mol. The summed E-state index contributed by atoms with van der Waals surface area (Å²) in [5.41, 5.74) is -1.57. The minimum atomic E-state index is -2.95. The van der Waals surface area contributed by atoms with E-state index in [1.807, 2.05) is 0 Å². The zero-order valence-electron chi connectivity index (χ0n) is 6.67. The van der Waals surface area contributed by atoms with Crippen molar-refractivity contribution in [2.75, 3.05) is 0 Å². The summed E-state index contributed by atoms with van der Waals surface area (Å²) in [6.07, 6.45) is -1.86. The summed E-state index contributed by atoms with van der Waals surface area (Å²) in [7, 11) is 0. The molecule has 0 saturated carbocycles. The van der Waals surface area contributed by atoms with Crippen LogP contribution in [0.15, 0.2) is 12.3 Å². The van der Waals surface area contributed by atoms with E-state index in [1.54, 1.807) is 6.07 Å².